The largest absolute Gasteiger partial charge is 0.481 e. The molecule has 2 aromatic rings. The minimum absolute atomic E-state index is 0.0654. The molecule has 2 aromatic heterocycles. The maximum absolute atomic E-state index is 12.0. The number of carboxylic acid groups (broad SMARTS) is 1. The topological polar surface area (TPSA) is 74.9 Å². The summed E-state index contributed by atoms with van der Waals surface area (Å²) < 4.78 is 1.54. The van der Waals surface area contributed by atoms with Crippen LogP contribution in [0.2, 0.25) is 0 Å². The number of thiazole rings is 1. The fourth-order valence-electron chi connectivity index (χ4n) is 2.86. The summed E-state index contributed by atoms with van der Waals surface area (Å²) >= 11 is 1.44. The van der Waals surface area contributed by atoms with E-state index in [1.165, 1.54) is 15.7 Å². The standard InChI is InChI=1S/C14H17N3O3S/c1-9-6-10(13(19)20)2-3-16(9)8-11-7-12(18)17-4-5-21-14(17)15-11/h4-5,7,9-10H,2-3,6,8H2,1H3,(H,19,20). The van der Waals surface area contributed by atoms with Gasteiger partial charge in [0.25, 0.3) is 5.56 Å². The van der Waals surface area contributed by atoms with Gasteiger partial charge in [0.15, 0.2) is 4.96 Å². The zero-order valence-electron chi connectivity index (χ0n) is 11.7. The van der Waals surface area contributed by atoms with Crippen molar-refractivity contribution < 1.29 is 9.90 Å². The monoisotopic (exact) mass is 307 g/mol. The minimum Gasteiger partial charge on any atom is -0.481 e. The molecule has 2 atom stereocenters. The molecule has 1 fully saturated rings. The van der Waals surface area contributed by atoms with E-state index in [1.54, 1.807) is 12.3 Å². The van der Waals surface area contributed by atoms with E-state index in [2.05, 4.69) is 9.88 Å². The average molecular weight is 307 g/mol. The molecule has 3 heterocycles. The van der Waals surface area contributed by atoms with Crippen molar-refractivity contribution in [1.29, 1.82) is 0 Å². The quantitative estimate of drug-likeness (QED) is 0.928. The van der Waals surface area contributed by atoms with E-state index < -0.39 is 5.97 Å². The number of aromatic nitrogens is 2. The summed E-state index contributed by atoms with van der Waals surface area (Å²) in [6, 6.07) is 1.75. The van der Waals surface area contributed by atoms with Gasteiger partial charge in [0.1, 0.15) is 0 Å². The van der Waals surface area contributed by atoms with Crippen LogP contribution in [-0.2, 0) is 11.3 Å². The third kappa shape index (κ3) is 2.84. The lowest BCUT2D eigenvalue weighted by molar-refractivity contribution is -0.144. The zero-order valence-corrected chi connectivity index (χ0v) is 12.5. The first-order valence-corrected chi connectivity index (χ1v) is 7.85. The molecule has 3 rings (SSSR count). The van der Waals surface area contributed by atoms with E-state index in [4.69, 9.17) is 5.11 Å². The van der Waals surface area contributed by atoms with E-state index in [1.807, 2.05) is 12.3 Å². The van der Waals surface area contributed by atoms with Crippen molar-refractivity contribution in [2.45, 2.75) is 32.4 Å². The smallest absolute Gasteiger partial charge is 0.306 e. The molecule has 112 valence electrons. The molecule has 21 heavy (non-hydrogen) atoms. The molecular weight excluding hydrogens is 290 g/mol. The number of carboxylic acids is 1. The first kappa shape index (κ1) is 14.2. The number of nitrogens with zero attached hydrogens (tertiary/aromatic N) is 3. The highest BCUT2D eigenvalue weighted by molar-refractivity contribution is 7.15. The van der Waals surface area contributed by atoms with Crippen LogP contribution in [0, 0.1) is 5.92 Å². The van der Waals surface area contributed by atoms with Gasteiger partial charge >= 0.3 is 5.97 Å². The van der Waals surface area contributed by atoms with Gasteiger partial charge in [-0.05, 0) is 26.3 Å². The average Bonchev–Trinajstić information content (AvgIpc) is 2.89. The van der Waals surface area contributed by atoms with E-state index in [9.17, 15) is 9.59 Å². The Morgan fingerprint density at radius 1 is 1.57 bits per heavy atom. The molecule has 6 nitrogen and oxygen atoms in total. The summed E-state index contributed by atoms with van der Waals surface area (Å²) in [6.45, 7) is 3.35. The van der Waals surface area contributed by atoms with Crippen LogP contribution in [0.15, 0.2) is 22.4 Å². The molecule has 0 aliphatic carbocycles. The van der Waals surface area contributed by atoms with Crippen LogP contribution in [0.4, 0.5) is 0 Å². The minimum atomic E-state index is -0.710. The normalized spacial score (nSPS) is 23.5. The number of likely N-dealkylation sites (tertiary alicyclic amines) is 1. The SMILES string of the molecule is CC1CC(C(=O)O)CCN1Cc1cc(=O)n2ccsc2n1. The van der Waals surface area contributed by atoms with Gasteiger partial charge in [-0.25, -0.2) is 4.98 Å². The summed E-state index contributed by atoms with van der Waals surface area (Å²) in [4.78, 5) is 30.4. The van der Waals surface area contributed by atoms with E-state index in [0.29, 0.717) is 24.3 Å². The van der Waals surface area contributed by atoms with Gasteiger partial charge in [-0.15, -0.1) is 11.3 Å². The lowest BCUT2D eigenvalue weighted by Crippen LogP contribution is -2.42. The van der Waals surface area contributed by atoms with Crippen LogP contribution >= 0.6 is 11.3 Å². The summed E-state index contributed by atoms with van der Waals surface area (Å²) in [5.74, 6) is -0.965. The van der Waals surface area contributed by atoms with Crippen molar-refractivity contribution in [3.05, 3.63) is 33.7 Å². The molecule has 1 aliphatic heterocycles. The molecule has 7 heteroatoms. The number of carbonyl (C=O) groups is 1. The fraction of sp³-hybridized carbons (Fsp3) is 0.500. The summed E-state index contributed by atoms with van der Waals surface area (Å²) in [6.07, 6.45) is 3.02. The van der Waals surface area contributed by atoms with Gasteiger partial charge in [0.2, 0.25) is 0 Å². The second kappa shape index (κ2) is 5.57. The number of aliphatic carboxylic acids is 1. The second-order valence-corrected chi connectivity index (χ2v) is 6.39. The van der Waals surface area contributed by atoms with Crippen molar-refractivity contribution in [3.63, 3.8) is 0 Å². The van der Waals surface area contributed by atoms with Gasteiger partial charge in [-0.3, -0.25) is 18.9 Å². The predicted molar refractivity (Wildman–Crippen MR) is 79.6 cm³/mol. The maximum Gasteiger partial charge on any atom is 0.306 e. The van der Waals surface area contributed by atoms with Crippen molar-refractivity contribution in [2.24, 2.45) is 5.92 Å². The lowest BCUT2D eigenvalue weighted by atomic mass is 9.91. The first-order valence-electron chi connectivity index (χ1n) is 6.97. The number of piperidine rings is 1. The molecule has 1 N–H and O–H groups in total. The number of hydrogen-bond acceptors (Lipinski definition) is 5. The molecule has 0 bridgehead atoms. The van der Waals surface area contributed by atoms with Crippen LogP contribution in [0.25, 0.3) is 4.96 Å². The van der Waals surface area contributed by atoms with Gasteiger partial charge in [-0.1, -0.05) is 0 Å². The number of fused-ring (bicyclic) bond motifs is 1. The Hall–Kier alpha value is -1.73. The van der Waals surface area contributed by atoms with E-state index in [0.717, 1.165) is 12.2 Å². The third-order valence-electron chi connectivity index (χ3n) is 4.08. The molecule has 0 saturated carbocycles. The van der Waals surface area contributed by atoms with Crippen LogP contribution < -0.4 is 5.56 Å². The summed E-state index contributed by atoms with van der Waals surface area (Å²) in [5.41, 5.74) is 0.687. The Bertz CT molecular complexity index is 724. The molecule has 0 radical (unpaired) electrons. The highest BCUT2D eigenvalue weighted by atomic mass is 32.1. The Morgan fingerprint density at radius 3 is 3.10 bits per heavy atom. The Labute approximate surface area is 125 Å². The molecule has 1 aliphatic rings. The van der Waals surface area contributed by atoms with Gasteiger partial charge in [0.05, 0.1) is 11.6 Å². The summed E-state index contributed by atoms with van der Waals surface area (Å²) in [5, 5.41) is 10.9. The van der Waals surface area contributed by atoms with Gasteiger partial charge in [-0.2, -0.15) is 0 Å². The van der Waals surface area contributed by atoms with Crippen LogP contribution in [0.3, 0.4) is 0 Å². The Kier molecular flexibility index (Phi) is 3.77. The van der Waals surface area contributed by atoms with Crippen LogP contribution in [0.5, 0.6) is 0 Å². The lowest BCUT2D eigenvalue weighted by Gasteiger charge is -2.35. The number of hydrogen-bond donors (Lipinski definition) is 1. The third-order valence-corrected chi connectivity index (χ3v) is 4.84. The molecule has 0 amide bonds. The van der Waals surface area contributed by atoms with Crippen molar-refractivity contribution in [2.75, 3.05) is 6.54 Å². The molecule has 0 spiro atoms. The predicted octanol–water partition coefficient (Wildman–Crippen LogP) is 1.44. The van der Waals surface area contributed by atoms with E-state index in [-0.39, 0.29) is 17.5 Å². The van der Waals surface area contributed by atoms with Crippen LogP contribution in [-0.4, -0.2) is 37.9 Å². The molecular formula is C14H17N3O3S. The number of rotatable bonds is 3. The van der Waals surface area contributed by atoms with Crippen molar-refractivity contribution in [1.82, 2.24) is 14.3 Å². The van der Waals surface area contributed by atoms with E-state index >= 15 is 0 Å². The molecule has 0 aromatic carbocycles. The van der Waals surface area contributed by atoms with Crippen molar-refractivity contribution >= 4 is 22.3 Å². The van der Waals surface area contributed by atoms with Gasteiger partial charge in [0, 0.05) is 30.2 Å². The maximum atomic E-state index is 12.0. The zero-order chi connectivity index (χ0) is 15.0. The Balaban J connectivity index is 1.76. The highest BCUT2D eigenvalue weighted by Gasteiger charge is 2.29. The summed E-state index contributed by atoms with van der Waals surface area (Å²) in [7, 11) is 0. The first-order chi connectivity index (χ1) is 10.0. The second-order valence-electron chi connectivity index (χ2n) is 5.52. The van der Waals surface area contributed by atoms with Crippen LogP contribution in [0.1, 0.15) is 25.5 Å². The Morgan fingerprint density at radius 2 is 2.38 bits per heavy atom. The highest BCUT2D eigenvalue weighted by Crippen LogP contribution is 2.24. The fourth-order valence-corrected chi connectivity index (χ4v) is 3.60. The van der Waals surface area contributed by atoms with Gasteiger partial charge < -0.3 is 5.11 Å². The molecule has 2 unspecified atom stereocenters. The van der Waals surface area contributed by atoms with Crippen molar-refractivity contribution in [3.8, 4) is 0 Å². The molecule has 1 saturated heterocycles.